The summed E-state index contributed by atoms with van der Waals surface area (Å²) in [5, 5.41) is 2.91. The number of nitrogens with zero attached hydrogens (tertiary/aromatic N) is 2. The van der Waals surface area contributed by atoms with Gasteiger partial charge < -0.3 is 10.1 Å². The van der Waals surface area contributed by atoms with Crippen molar-refractivity contribution in [3.8, 4) is 5.75 Å². The first-order valence-corrected chi connectivity index (χ1v) is 8.05. The number of fused-ring (bicyclic) bond motifs is 1. The van der Waals surface area contributed by atoms with E-state index in [4.69, 9.17) is 4.74 Å². The number of aromatic nitrogens is 2. The van der Waals surface area contributed by atoms with Gasteiger partial charge in [0.05, 0.1) is 13.2 Å². The van der Waals surface area contributed by atoms with Gasteiger partial charge in [0, 0.05) is 12.4 Å². The van der Waals surface area contributed by atoms with Crippen molar-refractivity contribution in [2.45, 2.75) is 19.4 Å². The van der Waals surface area contributed by atoms with Gasteiger partial charge in [0.1, 0.15) is 17.0 Å². The van der Waals surface area contributed by atoms with Crippen LogP contribution in [0.3, 0.4) is 0 Å². The lowest BCUT2D eigenvalue weighted by Gasteiger charge is -2.17. The predicted octanol–water partition coefficient (Wildman–Crippen LogP) is 2.58. The molecule has 1 aromatic carbocycles. The highest BCUT2D eigenvalue weighted by molar-refractivity contribution is 5.94. The third-order valence-corrected chi connectivity index (χ3v) is 4.09. The molecule has 0 unspecified atom stereocenters. The molecule has 0 fully saturated rings. The topological polar surface area (TPSA) is 72.7 Å². The molecule has 25 heavy (non-hydrogen) atoms. The summed E-state index contributed by atoms with van der Waals surface area (Å²) in [6, 6.07) is 12.5. The molecule has 0 spiro atoms. The number of carbonyl (C=O) groups is 1. The summed E-state index contributed by atoms with van der Waals surface area (Å²) in [7, 11) is 1.61. The number of amides is 1. The number of hydrogen-bond donors (Lipinski definition) is 1. The molecule has 3 aromatic rings. The van der Waals surface area contributed by atoms with Gasteiger partial charge in [0.15, 0.2) is 0 Å². The Morgan fingerprint density at radius 2 is 2.00 bits per heavy atom. The number of ether oxygens (including phenoxy) is 1. The van der Waals surface area contributed by atoms with Crippen LogP contribution in [0.25, 0.3) is 5.65 Å². The maximum atomic E-state index is 12.6. The van der Waals surface area contributed by atoms with Gasteiger partial charge in [0.25, 0.3) is 11.5 Å². The van der Waals surface area contributed by atoms with Gasteiger partial charge in [-0.3, -0.25) is 14.0 Å². The summed E-state index contributed by atoms with van der Waals surface area (Å²) in [6.07, 6.45) is 3.62. The Balaban J connectivity index is 1.87. The fourth-order valence-electron chi connectivity index (χ4n) is 2.68. The fraction of sp³-hybridized carbons (Fsp3) is 0.211. The quantitative estimate of drug-likeness (QED) is 0.777. The molecule has 2 heterocycles. The first-order valence-electron chi connectivity index (χ1n) is 8.05. The van der Waals surface area contributed by atoms with E-state index in [1.165, 1.54) is 10.6 Å². The molecule has 3 rings (SSSR count). The maximum Gasteiger partial charge on any atom is 0.270 e. The molecule has 6 nitrogen and oxygen atoms in total. The van der Waals surface area contributed by atoms with Crippen molar-refractivity contribution in [2.75, 3.05) is 7.11 Å². The number of hydrogen-bond acceptors (Lipinski definition) is 4. The van der Waals surface area contributed by atoms with Crippen LogP contribution >= 0.6 is 0 Å². The minimum atomic E-state index is -0.432. The largest absolute Gasteiger partial charge is 0.497 e. The minimum absolute atomic E-state index is 0.0238. The number of carbonyl (C=O) groups excluding carboxylic acids is 1. The zero-order valence-electron chi connectivity index (χ0n) is 14.1. The molecule has 0 saturated carbocycles. The lowest BCUT2D eigenvalue weighted by molar-refractivity contribution is 0.0933. The molecule has 0 bridgehead atoms. The lowest BCUT2D eigenvalue weighted by Crippen LogP contribution is -2.34. The molecule has 1 atom stereocenters. The SMILES string of the molecule is CC[C@@H](NC(=O)c1cnc2ccccn2c1=O)c1ccc(OC)cc1. The summed E-state index contributed by atoms with van der Waals surface area (Å²) in [4.78, 5) is 29.3. The molecule has 128 valence electrons. The van der Waals surface area contributed by atoms with Crippen LogP contribution in [-0.4, -0.2) is 22.4 Å². The second-order valence-corrected chi connectivity index (χ2v) is 5.61. The van der Waals surface area contributed by atoms with Gasteiger partial charge in [-0.1, -0.05) is 25.1 Å². The first kappa shape index (κ1) is 16.7. The van der Waals surface area contributed by atoms with Gasteiger partial charge in [-0.05, 0) is 36.2 Å². The Hall–Kier alpha value is -3.15. The van der Waals surface area contributed by atoms with Gasteiger partial charge in [-0.15, -0.1) is 0 Å². The molecule has 1 N–H and O–H groups in total. The molecule has 0 aliphatic heterocycles. The smallest absolute Gasteiger partial charge is 0.270 e. The number of benzene rings is 1. The van der Waals surface area contributed by atoms with E-state index in [0.717, 1.165) is 11.3 Å². The molecule has 0 aliphatic rings. The molecule has 0 aliphatic carbocycles. The van der Waals surface area contributed by atoms with Gasteiger partial charge >= 0.3 is 0 Å². The van der Waals surface area contributed by atoms with Crippen LogP contribution in [0.1, 0.15) is 35.3 Å². The summed E-state index contributed by atoms with van der Waals surface area (Å²) < 4.78 is 6.51. The normalized spacial score (nSPS) is 11.9. The summed E-state index contributed by atoms with van der Waals surface area (Å²) in [5.41, 5.74) is 1.10. The minimum Gasteiger partial charge on any atom is -0.497 e. The van der Waals surface area contributed by atoms with Crippen molar-refractivity contribution in [2.24, 2.45) is 0 Å². The highest BCUT2D eigenvalue weighted by Gasteiger charge is 2.18. The van der Waals surface area contributed by atoms with E-state index in [1.54, 1.807) is 31.5 Å². The van der Waals surface area contributed by atoms with E-state index in [9.17, 15) is 9.59 Å². The van der Waals surface area contributed by atoms with Gasteiger partial charge in [0.2, 0.25) is 0 Å². The van der Waals surface area contributed by atoms with Crippen LogP contribution in [0.15, 0.2) is 59.7 Å². The highest BCUT2D eigenvalue weighted by atomic mass is 16.5. The van der Waals surface area contributed by atoms with Crippen molar-refractivity contribution in [1.82, 2.24) is 14.7 Å². The van der Waals surface area contributed by atoms with E-state index < -0.39 is 5.91 Å². The number of methoxy groups -OCH3 is 1. The fourth-order valence-corrected chi connectivity index (χ4v) is 2.68. The zero-order valence-corrected chi connectivity index (χ0v) is 14.1. The van der Waals surface area contributed by atoms with Crippen LogP contribution in [0.4, 0.5) is 0 Å². The summed E-state index contributed by atoms with van der Waals surface area (Å²) in [5.74, 6) is 0.320. The van der Waals surface area contributed by atoms with Crippen molar-refractivity contribution in [3.05, 3.63) is 76.3 Å². The van der Waals surface area contributed by atoms with Gasteiger partial charge in [-0.2, -0.15) is 0 Å². The molecule has 0 saturated heterocycles. The van der Waals surface area contributed by atoms with Crippen molar-refractivity contribution >= 4 is 11.6 Å². The van der Waals surface area contributed by atoms with Crippen LogP contribution in [0.5, 0.6) is 5.75 Å². The zero-order chi connectivity index (χ0) is 17.8. The molecular weight excluding hydrogens is 318 g/mol. The molecule has 6 heteroatoms. The van der Waals surface area contributed by atoms with Crippen molar-refractivity contribution in [3.63, 3.8) is 0 Å². The Morgan fingerprint density at radius 1 is 1.24 bits per heavy atom. The van der Waals surface area contributed by atoms with E-state index in [-0.39, 0.29) is 17.2 Å². The van der Waals surface area contributed by atoms with Crippen LogP contribution in [0, 0.1) is 0 Å². The second-order valence-electron chi connectivity index (χ2n) is 5.61. The van der Waals surface area contributed by atoms with E-state index >= 15 is 0 Å². The Morgan fingerprint density at radius 3 is 2.68 bits per heavy atom. The van der Waals surface area contributed by atoms with Crippen molar-refractivity contribution < 1.29 is 9.53 Å². The van der Waals surface area contributed by atoms with Gasteiger partial charge in [-0.25, -0.2) is 4.98 Å². The predicted molar refractivity (Wildman–Crippen MR) is 95.0 cm³/mol. The third-order valence-electron chi connectivity index (χ3n) is 4.09. The van der Waals surface area contributed by atoms with Crippen LogP contribution in [0.2, 0.25) is 0 Å². The number of nitrogens with one attached hydrogen (secondary N) is 1. The Bertz CT molecular complexity index is 948. The van der Waals surface area contributed by atoms with Crippen LogP contribution in [-0.2, 0) is 0 Å². The summed E-state index contributed by atoms with van der Waals surface area (Å²) >= 11 is 0. The molecule has 1 amide bonds. The van der Waals surface area contributed by atoms with Crippen LogP contribution < -0.4 is 15.6 Å². The maximum absolute atomic E-state index is 12.6. The van der Waals surface area contributed by atoms with E-state index in [1.807, 2.05) is 31.2 Å². The monoisotopic (exact) mass is 337 g/mol. The summed E-state index contributed by atoms with van der Waals surface area (Å²) in [6.45, 7) is 1.97. The third kappa shape index (κ3) is 3.38. The van der Waals surface area contributed by atoms with Crippen molar-refractivity contribution in [1.29, 1.82) is 0 Å². The number of rotatable bonds is 5. The van der Waals surface area contributed by atoms with E-state index in [2.05, 4.69) is 10.3 Å². The lowest BCUT2D eigenvalue weighted by atomic mass is 10.0. The average Bonchev–Trinajstić information content (AvgIpc) is 2.66. The van der Waals surface area contributed by atoms with E-state index in [0.29, 0.717) is 12.1 Å². The second kappa shape index (κ2) is 7.17. The highest BCUT2D eigenvalue weighted by Crippen LogP contribution is 2.20. The first-order chi connectivity index (χ1) is 12.1. The number of pyridine rings is 1. The molecule has 0 radical (unpaired) electrons. The Kier molecular flexibility index (Phi) is 4.79. The molecule has 2 aromatic heterocycles. The average molecular weight is 337 g/mol. The Labute approximate surface area is 145 Å². The standard InChI is InChI=1S/C19H19N3O3/c1-3-16(13-7-9-14(25-2)10-8-13)21-18(23)15-12-20-17-6-4-5-11-22(17)19(15)24/h4-12,16H,3H2,1-2H3,(H,21,23)/t16-/m1/s1. The molecular formula is C19H19N3O3.